The molecule has 8 heteroatoms. The van der Waals surface area contributed by atoms with Crippen molar-refractivity contribution in [3.05, 3.63) is 29.0 Å². The van der Waals surface area contributed by atoms with Crippen molar-refractivity contribution in [2.24, 2.45) is 0 Å². The molecule has 0 saturated carbocycles. The van der Waals surface area contributed by atoms with Gasteiger partial charge in [-0.25, -0.2) is 13.4 Å². The van der Waals surface area contributed by atoms with Gasteiger partial charge in [-0.15, -0.1) is 11.3 Å². The molecule has 0 aliphatic rings. The number of rotatable bonds is 6. The van der Waals surface area contributed by atoms with E-state index in [1.165, 1.54) is 23.6 Å². The lowest BCUT2D eigenvalue weighted by molar-refractivity contribution is 0.270. The smallest absolute Gasteiger partial charge is 0.265 e. The van der Waals surface area contributed by atoms with Crippen LogP contribution < -0.4 is 4.72 Å². The first-order valence-electron chi connectivity index (χ1n) is 6.21. The number of sulfonamides is 1. The third-order valence-electron chi connectivity index (χ3n) is 2.74. The Balaban J connectivity index is 2.29. The Hall–Kier alpha value is -1.38. The van der Waals surface area contributed by atoms with Gasteiger partial charge in [-0.1, -0.05) is 6.92 Å². The summed E-state index contributed by atoms with van der Waals surface area (Å²) >= 11 is 1.24. The van der Waals surface area contributed by atoms with Crippen LogP contribution in [0.15, 0.2) is 22.5 Å². The average Bonchev–Trinajstić information content (AvgIpc) is 2.96. The summed E-state index contributed by atoms with van der Waals surface area (Å²) in [4.78, 5) is 4.22. The number of aliphatic hydroxyl groups is 1. The van der Waals surface area contributed by atoms with E-state index >= 15 is 0 Å². The van der Waals surface area contributed by atoms with Crippen molar-refractivity contribution in [1.82, 2.24) is 9.55 Å². The van der Waals surface area contributed by atoms with E-state index in [4.69, 9.17) is 0 Å². The zero-order valence-corrected chi connectivity index (χ0v) is 13.0. The Kier molecular flexibility index (Phi) is 4.46. The van der Waals surface area contributed by atoms with Crippen molar-refractivity contribution in [1.29, 1.82) is 0 Å². The molecule has 2 heterocycles. The number of aryl methyl sites for hydroxylation is 2. The van der Waals surface area contributed by atoms with Gasteiger partial charge < -0.3 is 9.67 Å². The maximum absolute atomic E-state index is 12.3. The van der Waals surface area contributed by atoms with Crippen LogP contribution in [0.3, 0.4) is 0 Å². The number of nitrogens with zero attached hydrogens (tertiary/aromatic N) is 2. The summed E-state index contributed by atoms with van der Waals surface area (Å²) in [6.07, 6.45) is 2.40. The lowest BCUT2D eigenvalue weighted by atomic mass is 10.4. The van der Waals surface area contributed by atoms with Crippen LogP contribution in [0, 0.1) is 6.92 Å². The van der Waals surface area contributed by atoms with E-state index in [-0.39, 0.29) is 11.5 Å². The van der Waals surface area contributed by atoms with Crippen molar-refractivity contribution in [2.75, 3.05) is 4.72 Å². The van der Waals surface area contributed by atoms with Gasteiger partial charge >= 0.3 is 0 Å². The van der Waals surface area contributed by atoms with Crippen LogP contribution in [0.1, 0.15) is 24.7 Å². The monoisotopic (exact) mass is 315 g/mol. The fraction of sp³-hybridized carbons (Fsp3) is 0.417. The summed E-state index contributed by atoms with van der Waals surface area (Å²) in [5, 5.41) is 11.4. The van der Waals surface area contributed by atoms with E-state index in [1.807, 2.05) is 6.92 Å². The molecule has 0 aliphatic carbocycles. The molecule has 0 atom stereocenters. The van der Waals surface area contributed by atoms with Crippen LogP contribution in [0.2, 0.25) is 0 Å². The number of nitrogens with one attached hydrogen (secondary N) is 1. The zero-order valence-electron chi connectivity index (χ0n) is 11.3. The minimum Gasteiger partial charge on any atom is -0.390 e. The van der Waals surface area contributed by atoms with Crippen molar-refractivity contribution in [3.63, 3.8) is 0 Å². The number of hydrogen-bond donors (Lipinski definition) is 2. The van der Waals surface area contributed by atoms with Crippen LogP contribution in [-0.2, 0) is 23.2 Å². The summed E-state index contributed by atoms with van der Waals surface area (Å²) in [5.74, 6) is 0. The molecule has 2 rings (SSSR count). The van der Waals surface area contributed by atoms with Crippen molar-refractivity contribution >= 4 is 26.5 Å². The molecule has 110 valence electrons. The molecule has 0 aromatic carbocycles. The predicted octanol–water partition coefficient (Wildman–Crippen LogP) is 1.96. The molecule has 6 nitrogen and oxygen atoms in total. The molecule has 2 aromatic rings. The largest absolute Gasteiger partial charge is 0.390 e. The number of thiazole rings is 1. The van der Waals surface area contributed by atoms with Gasteiger partial charge in [0.05, 0.1) is 12.3 Å². The second-order valence-corrected chi connectivity index (χ2v) is 6.96. The highest BCUT2D eigenvalue weighted by molar-refractivity contribution is 7.93. The highest BCUT2D eigenvalue weighted by Crippen LogP contribution is 2.21. The maximum atomic E-state index is 12.3. The van der Waals surface area contributed by atoms with Crippen LogP contribution >= 0.6 is 11.3 Å². The van der Waals surface area contributed by atoms with Crippen LogP contribution in [0.4, 0.5) is 5.13 Å². The van der Waals surface area contributed by atoms with Gasteiger partial charge in [0.15, 0.2) is 5.13 Å². The molecule has 0 bridgehead atoms. The van der Waals surface area contributed by atoms with Crippen LogP contribution in [0.25, 0.3) is 0 Å². The van der Waals surface area contributed by atoms with Gasteiger partial charge in [-0.3, -0.25) is 4.72 Å². The maximum Gasteiger partial charge on any atom is 0.265 e. The van der Waals surface area contributed by atoms with Crippen molar-refractivity contribution < 1.29 is 13.5 Å². The molecule has 0 fully saturated rings. The lowest BCUT2D eigenvalue weighted by Gasteiger charge is -2.04. The predicted molar refractivity (Wildman–Crippen MR) is 78.3 cm³/mol. The molecule has 0 aliphatic heterocycles. The number of anilines is 1. The normalized spacial score (nSPS) is 11.8. The first kappa shape index (κ1) is 15.0. The van der Waals surface area contributed by atoms with Crippen LogP contribution in [-0.4, -0.2) is 23.1 Å². The number of hydrogen-bond acceptors (Lipinski definition) is 5. The van der Waals surface area contributed by atoms with Gasteiger partial charge in [-0.2, -0.15) is 0 Å². The quantitative estimate of drug-likeness (QED) is 0.853. The van der Waals surface area contributed by atoms with E-state index in [0.717, 1.165) is 12.1 Å². The minimum atomic E-state index is -3.66. The molecule has 0 radical (unpaired) electrons. The molecule has 2 N–H and O–H groups in total. The van der Waals surface area contributed by atoms with Gasteiger partial charge in [0.25, 0.3) is 10.0 Å². The van der Waals surface area contributed by atoms with E-state index in [9.17, 15) is 13.5 Å². The van der Waals surface area contributed by atoms with E-state index < -0.39 is 10.0 Å². The SMILES string of the molecule is CCCn1cc(S(=O)(=O)Nc2nc(C)cs2)cc1CO. The zero-order chi connectivity index (χ0) is 14.8. The number of aromatic nitrogens is 2. The molecular weight excluding hydrogens is 298 g/mol. The lowest BCUT2D eigenvalue weighted by Crippen LogP contribution is -2.12. The van der Waals surface area contributed by atoms with Gasteiger partial charge in [-0.05, 0) is 19.4 Å². The standard InChI is InChI=1S/C12H17N3O3S2/c1-3-4-15-6-11(5-10(15)7-16)20(17,18)14-12-13-9(2)8-19-12/h5-6,8,16H,3-4,7H2,1-2H3,(H,13,14). The highest BCUT2D eigenvalue weighted by Gasteiger charge is 2.19. The second-order valence-electron chi connectivity index (χ2n) is 4.42. The summed E-state index contributed by atoms with van der Waals surface area (Å²) in [5.41, 5.74) is 1.36. The third kappa shape index (κ3) is 3.20. The van der Waals surface area contributed by atoms with E-state index in [1.54, 1.807) is 16.9 Å². The van der Waals surface area contributed by atoms with Gasteiger partial charge in [0.1, 0.15) is 4.90 Å². The molecule has 0 saturated heterocycles. The van der Waals surface area contributed by atoms with E-state index in [0.29, 0.717) is 17.4 Å². The summed E-state index contributed by atoms with van der Waals surface area (Å²) in [6, 6.07) is 1.48. The summed E-state index contributed by atoms with van der Waals surface area (Å²) < 4.78 is 28.7. The molecule has 20 heavy (non-hydrogen) atoms. The number of aliphatic hydroxyl groups excluding tert-OH is 1. The highest BCUT2D eigenvalue weighted by atomic mass is 32.2. The average molecular weight is 315 g/mol. The Bertz CT molecular complexity index is 689. The molecule has 0 amide bonds. The van der Waals surface area contributed by atoms with Gasteiger partial charge in [0, 0.05) is 23.8 Å². The molecule has 0 unspecified atom stereocenters. The first-order chi connectivity index (χ1) is 9.46. The third-order valence-corrected chi connectivity index (χ3v) is 5.05. The molecule has 0 spiro atoms. The topological polar surface area (TPSA) is 84.2 Å². The Labute approximate surface area is 122 Å². The Morgan fingerprint density at radius 3 is 2.80 bits per heavy atom. The molecule has 2 aromatic heterocycles. The first-order valence-corrected chi connectivity index (χ1v) is 8.57. The fourth-order valence-electron chi connectivity index (χ4n) is 1.83. The summed E-state index contributed by atoms with van der Waals surface area (Å²) in [6.45, 7) is 4.27. The van der Waals surface area contributed by atoms with E-state index in [2.05, 4.69) is 9.71 Å². The fourth-order valence-corrected chi connectivity index (χ4v) is 3.83. The molecular formula is C12H17N3O3S2. The van der Waals surface area contributed by atoms with Crippen LogP contribution in [0.5, 0.6) is 0 Å². The Morgan fingerprint density at radius 2 is 2.25 bits per heavy atom. The Morgan fingerprint density at radius 1 is 1.50 bits per heavy atom. The van der Waals surface area contributed by atoms with Crippen molar-refractivity contribution in [2.45, 2.75) is 38.3 Å². The summed E-state index contributed by atoms with van der Waals surface area (Å²) in [7, 11) is -3.66. The van der Waals surface area contributed by atoms with Gasteiger partial charge in [0.2, 0.25) is 0 Å². The second kappa shape index (κ2) is 5.94. The minimum absolute atomic E-state index is 0.142. The van der Waals surface area contributed by atoms with Crippen molar-refractivity contribution in [3.8, 4) is 0 Å².